The van der Waals surface area contributed by atoms with Crippen LogP contribution in [0.4, 0.5) is 0 Å². The van der Waals surface area contributed by atoms with E-state index < -0.39 is 0 Å². The second-order valence-corrected chi connectivity index (χ2v) is 2.88. The molecule has 1 rings (SSSR count). The lowest BCUT2D eigenvalue weighted by Gasteiger charge is -1.97. The Kier molecular flexibility index (Phi) is 2.51. The van der Waals surface area contributed by atoms with E-state index in [2.05, 4.69) is 20.9 Å². The smallest absolute Gasteiger partial charge is 0.135 e. The molecule has 10 heavy (non-hydrogen) atoms. The van der Waals surface area contributed by atoms with Crippen LogP contribution in [0.3, 0.4) is 0 Å². The third-order valence-electron chi connectivity index (χ3n) is 1.03. The Morgan fingerprint density at radius 2 is 2.40 bits per heavy atom. The zero-order valence-corrected chi connectivity index (χ0v) is 7.35. The van der Waals surface area contributed by atoms with Crippen LogP contribution in [0, 0.1) is 0 Å². The fourth-order valence-electron chi connectivity index (χ4n) is 0.554. The van der Waals surface area contributed by atoms with Crippen molar-refractivity contribution in [2.24, 2.45) is 0 Å². The molecule has 0 aliphatic carbocycles. The number of aromatic nitrogens is 1. The lowest BCUT2D eigenvalue weighted by atomic mass is 10.4. The summed E-state index contributed by atoms with van der Waals surface area (Å²) in [6.07, 6.45) is 1.36. The Balaban J connectivity index is 3.07. The molecule has 0 saturated heterocycles. The van der Waals surface area contributed by atoms with Crippen molar-refractivity contribution in [1.29, 1.82) is 0 Å². The van der Waals surface area contributed by atoms with Crippen LogP contribution in [-0.4, -0.2) is 10.1 Å². The Morgan fingerprint density at radius 3 is 2.90 bits per heavy atom. The predicted molar refractivity (Wildman–Crippen MR) is 43.2 cm³/mol. The van der Waals surface area contributed by atoms with Gasteiger partial charge in [-0.05, 0) is 22.0 Å². The normalized spacial score (nSPS) is 9.80. The highest BCUT2D eigenvalue weighted by Crippen LogP contribution is 2.20. The number of aromatic hydroxyl groups is 1. The second kappa shape index (κ2) is 3.21. The van der Waals surface area contributed by atoms with E-state index in [-0.39, 0.29) is 5.75 Å². The first-order chi connectivity index (χ1) is 4.74. The van der Waals surface area contributed by atoms with Crippen molar-refractivity contribution in [2.45, 2.75) is 5.88 Å². The van der Waals surface area contributed by atoms with E-state index in [9.17, 15) is 0 Å². The average Bonchev–Trinajstić information content (AvgIpc) is 1.88. The molecule has 0 aromatic carbocycles. The highest BCUT2D eigenvalue weighted by atomic mass is 79.9. The van der Waals surface area contributed by atoms with Crippen molar-refractivity contribution in [1.82, 2.24) is 4.98 Å². The van der Waals surface area contributed by atoms with Gasteiger partial charge >= 0.3 is 0 Å². The van der Waals surface area contributed by atoms with Gasteiger partial charge in [-0.1, -0.05) is 0 Å². The Labute approximate surface area is 72.0 Å². The highest BCUT2D eigenvalue weighted by molar-refractivity contribution is 9.10. The fraction of sp³-hybridized carbons (Fsp3) is 0.167. The van der Waals surface area contributed by atoms with Gasteiger partial charge in [-0.3, -0.25) is 4.98 Å². The summed E-state index contributed by atoms with van der Waals surface area (Å²) in [7, 11) is 0. The summed E-state index contributed by atoms with van der Waals surface area (Å²) >= 11 is 8.71. The highest BCUT2D eigenvalue weighted by Gasteiger charge is 1.99. The summed E-state index contributed by atoms with van der Waals surface area (Å²) in [6.45, 7) is 0. The van der Waals surface area contributed by atoms with Crippen molar-refractivity contribution in [3.8, 4) is 5.75 Å². The molecule has 0 aliphatic heterocycles. The molecule has 0 fully saturated rings. The average molecular weight is 222 g/mol. The number of hydrogen-bond donors (Lipinski definition) is 1. The number of alkyl halides is 1. The molecule has 0 unspecified atom stereocenters. The van der Waals surface area contributed by atoms with Gasteiger partial charge in [0.2, 0.25) is 0 Å². The molecule has 1 heterocycles. The van der Waals surface area contributed by atoms with Crippen LogP contribution >= 0.6 is 27.5 Å². The van der Waals surface area contributed by atoms with Crippen molar-refractivity contribution in [3.63, 3.8) is 0 Å². The molecular formula is C6H5BrClNO. The lowest BCUT2D eigenvalue weighted by molar-refractivity contribution is 0.472. The van der Waals surface area contributed by atoms with Gasteiger partial charge in [0.1, 0.15) is 5.75 Å². The molecule has 0 atom stereocenters. The van der Waals surface area contributed by atoms with E-state index in [1.165, 1.54) is 6.20 Å². The summed E-state index contributed by atoms with van der Waals surface area (Å²) in [6, 6.07) is 1.56. The summed E-state index contributed by atoms with van der Waals surface area (Å²) < 4.78 is 0.738. The lowest BCUT2D eigenvalue weighted by Crippen LogP contribution is -1.84. The first-order valence-electron chi connectivity index (χ1n) is 2.63. The molecule has 1 aromatic rings. The van der Waals surface area contributed by atoms with E-state index in [4.69, 9.17) is 16.7 Å². The van der Waals surface area contributed by atoms with E-state index >= 15 is 0 Å². The summed E-state index contributed by atoms with van der Waals surface area (Å²) in [5.74, 6) is 0.488. The van der Waals surface area contributed by atoms with Crippen LogP contribution < -0.4 is 0 Å². The Hall–Kier alpha value is -0.280. The van der Waals surface area contributed by atoms with Gasteiger partial charge in [0.05, 0.1) is 17.8 Å². The number of nitrogens with zero attached hydrogens (tertiary/aromatic N) is 1. The quantitative estimate of drug-likeness (QED) is 0.740. The second-order valence-electron chi connectivity index (χ2n) is 1.76. The minimum absolute atomic E-state index is 0.140. The number of rotatable bonds is 1. The maximum atomic E-state index is 8.90. The van der Waals surface area contributed by atoms with E-state index in [1.54, 1.807) is 6.07 Å². The summed E-state index contributed by atoms with van der Waals surface area (Å²) in [5, 5.41) is 8.90. The molecule has 0 radical (unpaired) electrons. The van der Waals surface area contributed by atoms with Gasteiger partial charge < -0.3 is 5.11 Å². The van der Waals surface area contributed by atoms with Crippen molar-refractivity contribution in [3.05, 3.63) is 22.4 Å². The zero-order chi connectivity index (χ0) is 7.56. The molecule has 54 valence electrons. The summed E-state index contributed by atoms with van der Waals surface area (Å²) in [4.78, 5) is 3.87. The fourth-order valence-corrected chi connectivity index (χ4v) is 1.41. The third kappa shape index (κ3) is 1.61. The van der Waals surface area contributed by atoms with Crippen LogP contribution in [0.1, 0.15) is 5.69 Å². The molecular weight excluding hydrogens is 217 g/mol. The molecule has 1 N–H and O–H groups in total. The molecule has 0 saturated carbocycles. The van der Waals surface area contributed by atoms with Gasteiger partial charge in [-0.25, -0.2) is 0 Å². The monoisotopic (exact) mass is 221 g/mol. The molecule has 2 nitrogen and oxygen atoms in total. The maximum absolute atomic E-state index is 8.90. The largest absolute Gasteiger partial charge is 0.506 e. The van der Waals surface area contributed by atoms with Crippen molar-refractivity contribution < 1.29 is 5.11 Å². The number of pyridine rings is 1. The van der Waals surface area contributed by atoms with E-state index in [0.717, 1.165) is 10.2 Å². The van der Waals surface area contributed by atoms with E-state index in [1.807, 2.05) is 0 Å². The molecule has 0 amide bonds. The van der Waals surface area contributed by atoms with Gasteiger partial charge in [0.25, 0.3) is 0 Å². The topological polar surface area (TPSA) is 33.1 Å². The van der Waals surface area contributed by atoms with Crippen LogP contribution in [0.25, 0.3) is 0 Å². The van der Waals surface area contributed by atoms with Gasteiger partial charge in [0, 0.05) is 4.47 Å². The summed E-state index contributed by atoms with van der Waals surface area (Å²) in [5.41, 5.74) is 0.736. The van der Waals surface area contributed by atoms with Gasteiger partial charge in [-0.2, -0.15) is 0 Å². The molecule has 0 spiro atoms. The number of halogens is 2. The van der Waals surface area contributed by atoms with Crippen LogP contribution in [0.15, 0.2) is 16.7 Å². The minimum atomic E-state index is 0.140. The van der Waals surface area contributed by atoms with Crippen molar-refractivity contribution >= 4 is 27.5 Å². The minimum Gasteiger partial charge on any atom is -0.506 e. The van der Waals surface area contributed by atoms with Crippen LogP contribution in [-0.2, 0) is 5.88 Å². The standard InChI is InChI=1S/C6H5BrClNO/c7-5-1-4(10)3-9-6(5)2-8/h1,3,10H,2H2. The predicted octanol–water partition coefficient (Wildman–Crippen LogP) is 2.29. The van der Waals surface area contributed by atoms with E-state index in [0.29, 0.717) is 5.88 Å². The SMILES string of the molecule is Oc1cnc(CCl)c(Br)c1. The first kappa shape index (κ1) is 7.82. The molecule has 4 heteroatoms. The third-order valence-corrected chi connectivity index (χ3v) is 1.97. The number of hydrogen-bond acceptors (Lipinski definition) is 2. The first-order valence-corrected chi connectivity index (χ1v) is 3.96. The van der Waals surface area contributed by atoms with Crippen LogP contribution in [0.5, 0.6) is 5.75 Å². The van der Waals surface area contributed by atoms with Crippen molar-refractivity contribution in [2.75, 3.05) is 0 Å². The molecule has 0 bridgehead atoms. The molecule has 1 aromatic heterocycles. The maximum Gasteiger partial charge on any atom is 0.135 e. The van der Waals surface area contributed by atoms with Crippen LogP contribution in [0.2, 0.25) is 0 Å². The molecule has 0 aliphatic rings. The van der Waals surface area contributed by atoms with Gasteiger partial charge in [-0.15, -0.1) is 11.6 Å². The van der Waals surface area contributed by atoms with Gasteiger partial charge in [0.15, 0.2) is 0 Å². The Morgan fingerprint density at radius 1 is 1.70 bits per heavy atom. The zero-order valence-electron chi connectivity index (χ0n) is 5.01. The Bertz CT molecular complexity index is 241.